The number of hydrogen-bond acceptors (Lipinski definition) is 4. The zero-order valence-corrected chi connectivity index (χ0v) is 15.4. The van der Waals surface area contributed by atoms with Gasteiger partial charge in [-0.05, 0) is 66.0 Å². The van der Waals surface area contributed by atoms with Gasteiger partial charge in [0.2, 0.25) is 0 Å². The van der Waals surface area contributed by atoms with Crippen molar-refractivity contribution in [3.05, 3.63) is 49.2 Å². The second-order valence-corrected chi connectivity index (χ2v) is 7.49. The van der Waals surface area contributed by atoms with Crippen LogP contribution in [0.1, 0.15) is 33.6 Å². The molecule has 1 heterocycles. The van der Waals surface area contributed by atoms with Gasteiger partial charge in [-0.2, -0.15) is 0 Å². The summed E-state index contributed by atoms with van der Waals surface area (Å²) in [5, 5.41) is 4.61. The fraction of sp³-hybridized carbons (Fsp3) is 0.294. The van der Waals surface area contributed by atoms with Crippen LogP contribution >= 0.6 is 33.9 Å². The molecule has 0 spiro atoms. The van der Waals surface area contributed by atoms with E-state index in [1.165, 1.54) is 11.3 Å². The molecule has 1 aromatic carbocycles. The number of anilines is 1. The van der Waals surface area contributed by atoms with Crippen LogP contribution in [0.4, 0.5) is 5.69 Å². The highest BCUT2D eigenvalue weighted by Crippen LogP contribution is 2.30. The highest BCUT2D eigenvalue weighted by atomic mass is 127. The number of amides is 1. The molecule has 0 atom stereocenters. The lowest BCUT2D eigenvalue weighted by molar-refractivity contribution is -0.119. The third-order valence-corrected chi connectivity index (χ3v) is 5.79. The van der Waals surface area contributed by atoms with Gasteiger partial charge in [0.25, 0.3) is 5.91 Å². The lowest BCUT2D eigenvalue weighted by Gasteiger charge is -2.12. The molecule has 1 amide bonds. The maximum Gasteiger partial charge on any atom is 0.339 e. The van der Waals surface area contributed by atoms with Gasteiger partial charge in [-0.1, -0.05) is 12.1 Å². The predicted molar refractivity (Wildman–Crippen MR) is 99.0 cm³/mol. The third kappa shape index (κ3) is 3.92. The number of para-hydroxylation sites is 1. The topological polar surface area (TPSA) is 55.4 Å². The highest BCUT2D eigenvalue weighted by Gasteiger charge is 2.21. The van der Waals surface area contributed by atoms with Gasteiger partial charge >= 0.3 is 5.97 Å². The van der Waals surface area contributed by atoms with E-state index >= 15 is 0 Å². The van der Waals surface area contributed by atoms with Gasteiger partial charge in [-0.25, -0.2) is 4.79 Å². The summed E-state index contributed by atoms with van der Waals surface area (Å²) in [6.45, 7) is -0.269. The average molecular weight is 441 g/mol. The Bertz CT molecular complexity index is 741. The minimum absolute atomic E-state index is 0.269. The zero-order valence-electron chi connectivity index (χ0n) is 12.4. The second kappa shape index (κ2) is 7.44. The first kappa shape index (κ1) is 16.4. The molecule has 0 saturated heterocycles. The number of hydrogen-bond donors (Lipinski definition) is 1. The number of carbonyl (C=O) groups is 2. The smallest absolute Gasteiger partial charge is 0.339 e. The van der Waals surface area contributed by atoms with E-state index < -0.39 is 5.97 Å². The van der Waals surface area contributed by atoms with Crippen molar-refractivity contribution in [1.82, 2.24) is 0 Å². The van der Waals surface area contributed by atoms with E-state index in [-0.39, 0.29) is 12.5 Å². The van der Waals surface area contributed by atoms with E-state index in [1.54, 1.807) is 11.3 Å². The Morgan fingerprint density at radius 1 is 1.22 bits per heavy atom. The quantitative estimate of drug-likeness (QED) is 0.576. The van der Waals surface area contributed by atoms with E-state index in [2.05, 4.69) is 27.9 Å². The highest BCUT2D eigenvalue weighted by molar-refractivity contribution is 14.1. The molecular formula is C17H16INO3S. The summed E-state index contributed by atoms with van der Waals surface area (Å²) >= 11 is 3.76. The normalized spacial score (nSPS) is 13.3. The van der Waals surface area contributed by atoms with E-state index in [0.29, 0.717) is 5.56 Å². The number of nitrogens with one attached hydrogen (secondary N) is 1. The molecule has 120 valence electrons. The molecule has 1 N–H and O–H groups in total. The number of aryl methyl sites for hydroxylation is 1. The zero-order chi connectivity index (χ0) is 16.2. The van der Waals surface area contributed by atoms with Crippen molar-refractivity contribution in [3.63, 3.8) is 0 Å². The van der Waals surface area contributed by atoms with Crippen LogP contribution in [0.25, 0.3) is 0 Å². The molecule has 4 nitrogen and oxygen atoms in total. The molecule has 0 unspecified atom stereocenters. The van der Waals surface area contributed by atoms with Crippen molar-refractivity contribution in [3.8, 4) is 0 Å². The molecule has 1 aromatic heterocycles. The van der Waals surface area contributed by atoms with Gasteiger partial charge in [0.1, 0.15) is 0 Å². The molecule has 0 fully saturated rings. The number of rotatable bonds is 4. The van der Waals surface area contributed by atoms with E-state index in [4.69, 9.17) is 4.74 Å². The molecule has 1 aliphatic rings. The van der Waals surface area contributed by atoms with Crippen LogP contribution in [0.5, 0.6) is 0 Å². The Morgan fingerprint density at radius 3 is 2.83 bits per heavy atom. The maximum atomic E-state index is 12.2. The van der Waals surface area contributed by atoms with Crippen LogP contribution in [0.15, 0.2) is 29.6 Å². The van der Waals surface area contributed by atoms with Crippen molar-refractivity contribution in [2.75, 3.05) is 11.9 Å². The summed E-state index contributed by atoms with van der Waals surface area (Å²) in [4.78, 5) is 25.4. The number of ether oxygens (including phenoxy) is 1. The first-order chi connectivity index (χ1) is 11.1. The third-order valence-electron chi connectivity index (χ3n) is 3.76. The molecular weight excluding hydrogens is 425 g/mol. The summed E-state index contributed by atoms with van der Waals surface area (Å²) in [5.41, 5.74) is 2.47. The molecule has 0 saturated carbocycles. The Labute approximate surface area is 152 Å². The van der Waals surface area contributed by atoms with Crippen LogP contribution in [-0.2, 0) is 22.4 Å². The van der Waals surface area contributed by atoms with Gasteiger partial charge in [-0.3, -0.25) is 4.79 Å². The fourth-order valence-corrected chi connectivity index (χ4v) is 4.26. The van der Waals surface area contributed by atoms with Crippen LogP contribution < -0.4 is 5.32 Å². The first-order valence-corrected chi connectivity index (χ1v) is 9.41. The van der Waals surface area contributed by atoms with Gasteiger partial charge in [0.15, 0.2) is 6.61 Å². The summed E-state index contributed by atoms with van der Waals surface area (Å²) in [7, 11) is 0. The van der Waals surface area contributed by atoms with E-state index in [9.17, 15) is 9.59 Å². The molecule has 0 bridgehead atoms. The van der Waals surface area contributed by atoms with Crippen molar-refractivity contribution in [2.45, 2.75) is 25.7 Å². The molecule has 6 heteroatoms. The minimum Gasteiger partial charge on any atom is -0.452 e. The summed E-state index contributed by atoms with van der Waals surface area (Å²) in [6, 6.07) is 7.47. The number of fused-ring (bicyclic) bond motifs is 1. The number of halogens is 1. The lowest BCUT2D eigenvalue weighted by Crippen LogP contribution is -2.21. The number of carbonyl (C=O) groups excluding carboxylic acids is 2. The first-order valence-electron chi connectivity index (χ1n) is 7.46. The van der Waals surface area contributed by atoms with Crippen molar-refractivity contribution in [2.24, 2.45) is 0 Å². The van der Waals surface area contributed by atoms with E-state index in [0.717, 1.165) is 34.1 Å². The Morgan fingerprint density at radius 2 is 2.00 bits per heavy atom. The SMILES string of the molecule is O=C(COC(=O)c1csc2c1CCCC2)Nc1ccccc1I. The van der Waals surface area contributed by atoms with Crippen molar-refractivity contribution in [1.29, 1.82) is 0 Å². The molecule has 23 heavy (non-hydrogen) atoms. The monoisotopic (exact) mass is 441 g/mol. The predicted octanol–water partition coefficient (Wildman–Crippen LogP) is 4.03. The van der Waals surface area contributed by atoms with Crippen LogP contribution in [0, 0.1) is 3.57 Å². The minimum atomic E-state index is -0.401. The van der Waals surface area contributed by atoms with Gasteiger partial charge < -0.3 is 10.1 Å². The second-order valence-electron chi connectivity index (χ2n) is 5.36. The van der Waals surface area contributed by atoms with E-state index in [1.807, 2.05) is 29.6 Å². The van der Waals surface area contributed by atoms with Crippen molar-refractivity contribution >= 4 is 51.5 Å². The van der Waals surface area contributed by atoms with Gasteiger partial charge in [-0.15, -0.1) is 11.3 Å². The average Bonchev–Trinajstić information content (AvgIpc) is 2.99. The summed E-state index contributed by atoms with van der Waals surface area (Å²) in [5.74, 6) is -0.728. The standard InChI is InChI=1S/C17H16INO3S/c18-13-6-2-3-7-14(13)19-16(20)9-22-17(21)12-10-23-15-8-4-1-5-11(12)15/h2-3,6-7,10H,1,4-5,8-9H2,(H,19,20). The lowest BCUT2D eigenvalue weighted by atomic mass is 9.96. The molecule has 0 radical (unpaired) electrons. The van der Waals surface area contributed by atoms with Gasteiger partial charge in [0, 0.05) is 13.8 Å². The summed E-state index contributed by atoms with van der Waals surface area (Å²) < 4.78 is 6.12. The van der Waals surface area contributed by atoms with Crippen LogP contribution in [-0.4, -0.2) is 18.5 Å². The van der Waals surface area contributed by atoms with Crippen LogP contribution in [0.3, 0.4) is 0 Å². The Balaban J connectivity index is 1.58. The van der Waals surface area contributed by atoms with Crippen LogP contribution in [0.2, 0.25) is 0 Å². The molecule has 2 aromatic rings. The Kier molecular flexibility index (Phi) is 5.32. The summed E-state index contributed by atoms with van der Waals surface area (Å²) in [6.07, 6.45) is 4.26. The Hall–Kier alpha value is -1.41. The molecule has 0 aliphatic heterocycles. The number of esters is 1. The molecule has 3 rings (SSSR count). The number of thiophene rings is 1. The maximum absolute atomic E-state index is 12.2. The molecule has 1 aliphatic carbocycles. The van der Waals surface area contributed by atoms with Crippen molar-refractivity contribution < 1.29 is 14.3 Å². The van der Waals surface area contributed by atoms with Gasteiger partial charge in [0.05, 0.1) is 11.3 Å². The number of benzene rings is 1. The largest absolute Gasteiger partial charge is 0.452 e. The fourth-order valence-electron chi connectivity index (χ4n) is 2.62.